The van der Waals surface area contributed by atoms with E-state index in [9.17, 15) is 23.1 Å². The number of aliphatic hydroxyl groups excluding tert-OH is 1. The Morgan fingerprint density at radius 3 is 2.76 bits per heavy atom. The van der Waals surface area contributed by atoms with E-state index in [4.69, 9.17) is 0 Å². The van der Waals surface area contributed by atoms with Crippen molar-refractivity contribution in [1.29, 1.82) is 0 Å². The van der Waals surface area contributed by atoms with Gasteiger partial charge in [0.1, 0.15) is 6.23 Å². The lowest BCUT2D eigenvalue weighted by Crippen LogP contribution is -2.47. The van der Waals surface area contributed by atoms with Crippen LogP contribution in [-0.4, -0.2) is 39.0 Å². The number of nitrogens with one attached hydrogen (secondary N) is 2. The summed E-state index contributed by atoms with van der Waals surface area (Å²) in [4.78, 5) is 13.9. The van der Waals surface area contributed by atoms with Crippen LogP contribution in [-0.2, 0) is 6.18 Å². The summed E-state index contributed by atoms with van der Waals surface area (Å²) >= 11 is 0. The van der Waals surface area contributed by atoms with E-state index < -0.39 is 24.0 Å². The molecule has 29 heavy (non-hydrogen) atoms. The summed E-state index contributed by atoms with van der Waals surface area (Å²) in [7, 11) is 0. The Morgan fingerprint density at radius 2 is 2.00 bits per heavy atom. The number of urea groups is 1. The number of piperidine rings is 1. The molecule has 0 saturated carbocycles. The Morgan fingerprint density at radius 1 is 1.21 bits per heavy atom. The van der Waals surface area contributed by atoms with E-state index in [0.29, 0.717) is 17.8 Å². The maximum atomic E-state index is 13.0. The van der Waals surface area contributed by atoms with Crippen molar-refractivity contribution < 1.29 is 23.1 Å². The smallest absolute Gasteiger partial charge is 0.373 e. The van der Waals surface area contributed by atoms with E-state index in [-0.39, 0.29) is 18.9 Å². The summed E-state index contributed by atoms with van der Waals surface area (Å²) in [6, 6.07) is 11.9. The molecule has 2 unspecified atom stereocenters. The van der Waals surface area contributed by atoms with Gasteiger partial charge in [0.05, 0.1) is 11.1 Å². The molecule has 152 valence electrons. The number of hydrogen-bond acceptors (Lipinski definition) is 3. The Bertz CT molecular complexity index is 1030. The summed E-state index contributed by atoms with van der Waals surface area (Å²) < 4.78 is 38.9. The van der Waals surface area contributed by atoms with Crippen molar-refractivity contribution in [1.82, 2.24) is 15.1 Å². The summed E-state index contributed by atoms with van der Waals surface area (Å²) in [5.41, 5.74) is 0.568. The van der Waals surface area contributed by atoms with Gasteiger partial charge in [-0.05, 0) is 42.5 Å². The lowest BCUT2D eigenvalue weighted by Gasteiger charge is -2.36. The largest absolute Gasteiger partial charge is 0.416 e. The molecule has 1 fully saturated rings. The minimum absolute atomic E-state index is 0.163. The molecular formula is C20H19F3N4O2. The van der Waals surface area contributed by atoms with Crippen molar-refractivity contribution in [2.24, 2.45) is 0 Å². The second kappa shape index (κ2) is 7.40. The molecule has 3 N–H and O–H groups in total. The van der Waals surface area contributed by atoms with Gasteiger partial charge in [0, 0.05) is 11.9 Å². The normalized spacial score (nSPS) is 20.1. The number of aromatic nitrogens is 2. The Kier molecular flexibility index (Phi) is 4.91. The highest BCUT2D eigenvalue weighted by Gasteiger charge is 2.34. The molecule has 4 rings (SSSR count). The van der Waals surface area contributed by atoms with Crippen LogP contribution in [0.15, 0.2) is 48.5 Å². The van der Waals surface area contributed by atoms with Crippen LogP contribution in [0.1, 0.15) is 29.9 Å². The molecule has 1 aliphatic heterocycles. The molecule has 2 amide bonds. The van der Waals surface area contributed by atoms with E-state index >= 15 is 0 Å². The van der Waals surface area contributed by atoms with Gasteiger partial charge in [-0.2, -0.15) is 18.3 Å². The molecular weight excluding hydrogens is 385 g/mol. The monoisotopic (exact) mass is 404 g/mol. The van der Waals surface area contributed by atoms with Crippen molar-refractivity contribution in [2.45, 2.75) is 31.2 Å². The highest BCUT2D eigenvalue weighted by atomic mass is 19.4. The van der Waals surface area contributed by atoms with Gasteiger partial charge in [0.15, 0.2) is 5.82 Å². The van der Waals surface area contributed by atoms with Crippen LogP contribution in [0.25, 0.3) is 10.9 Å². The molecule has 2 atom stereocenters. The van der Waals surface area contributed by atoms with Crippen LogP contribution >= 0.6 is 0 Å². The zero-order valence-corrected chi connectivity index (χ0v) is 15.3. The van der Waals surface area contributed by atoms with Crippen molar-refractivity contribution in [3.8, 4) is 0 Å². The average molecular weight is 404 g/mol. The number of likely N-dealkylation sites (tertiary alicyclic amines) is 1. The summed E-state index contributed by atoms with van der Waals surface area (Å²) in [6.45, 7) is 0.219. The van der Waals surface area contributed by atoms with Crippen molar-refractivity contribution >= 4 is 22.8 Å². The molecule has 0 spiro atoms. The third-order valence-corrected chi connectivity index (χ3v) is 5.22. The molecule has 9 heteroatoms. The van der Waals surface area contributed by atoms with Gasteiger partial charge in [-0.15, -0.1) is 0 Å². The molecule has 2 heterocycles. The van der Waals surface area contributed by atoms with Crippen LogP contribution < -0.4 is 5.32 Å². The maximum Gasteiger partial charge on any atom is 0.416 e. The first-order chi connectivity index (χ1) is 13.8. The number of hydrogen-bond donors (Lipinski definition) is 3. The lowest BCUT2D eigenvalue weighted by molar-refractivity contribution is -0.137. The zero-order chi connectivity index (χ0) is 20.6. The third-order valence-electron chi connectivity index (χ3n) is 5.22. The first-order valence-corrected chi connectivity index (χ1v) is 9.19. The van der Waals surface area contributed by atoms with E-state index in [2.05, 4.69) is 15.5 Å². The molecule has 1 aliphatic rings. The third kappa shape index (κ3) is 3.91. The number of rotatable bonds is 2. The highest BCUT2D eigenvalue weighted by Crippen LogP contribution is 2.35. The number of nitrogens with zero attached hydrogens (tertiary/aromatic N) is 2. The second-order valence-electron chi connectivity index (χ2n) is 7.07. The van der Waals surface area contributed by atoms with Crippen LogP contribution in [0.3, 0.4) is 0 Å². The number of benzene rings is 2. The van der Waals surface area contributed by atoms with Gasteiger partial charge < -0.3 is 5.11 Å². The number of aromatic amines is 1. The van der Waals surface area contributed by atoms with E-state index in [1.54, 1.807) is 6.07 Å². The molecule has 3 aromatic rings. The number of aliphatic hydroxyl groups is 1. The van der Waals surface area contributed by atoms with E-state index in [1.807, 2.05) is 24.3 Å². The number of alkyl halides is 3. The summed E-state index contributed by atoms with van der Waals surface area (Å²) in [5, 5.41) is 20.8. The van der Waals surface area contributed by atoms with Crippen LogP contribution in [0.2, 0.25) is 0 Å². The second-order valence-corrected chi connectivity index (χ2v) is 7.07. The van der Waals surface area contributed by atoms with Gasteiger partial charge in [-0.1, -0.05) is 30.3 Å². The van der Waals surface area contributed by atoms with E-state index in [1.165, 1.54) is 11.0 Å². The summed E-state index contributed by atoms with van der Waals surface area (Å²) in [6.07, 6.45) is -4.90. The van der Waals surface area contributed by atoms with Crippen molar-refractivity contribution in [2.75, 3.05) is 11.9 Å². The first-order valence-electron chi connectivity index (χ1n) is 9.19. The van der Waals surface area contributed by atoms with Gasteiger partial charge in [-0.25, -0.2) is 4.79 Å². The lowest BCUT2D eigenvalue weighted by atomic mass is 9.87. The Labute approximate surface area is 164 Å². The van der Waals surface area contributed by atoms with Crippen LogP contribution in [0.5, 0.6) is 0 Å². The number of H-pyrrole nitrogens is 1. The topological polar surface area (TPSA) is 81.2 Å². The number of carbonyl (C=O) groups is 1. The number of anilines is 1. The van der Waals surface area contributed by atoms with Crippen molar-refractivity contribution in [3.05, 3.63) is 59.7 Å². The maximum absolute atomic E-state index is 13.0. The first kappa shape index (κ1) is 19.3. The van der Waals surface area contributed by atoms with Gasteiger partial charge in [0.25, 0.3) is 0 Å². The molecule has 0 radical (unpaired) electrons. The fourth-order valence-corrected chi connectivity index (χ4v) is 3.68. The molecule has 1 saturated heterocycles. The zero-order valence-electron chi connectivity index (χ0n) is 15.3. The minimum atomic E-state index is -4.42. The minimum Gasteiger partial charge on any atom is -0.373 e. The Balaban J connectivity index is 1.44. The van der Waals surface area contributed by atoms with Crippen LogP contribution in [0.4, 0.5) is 23.8 Å². The summed E-state index contributed by atoms with van der Waals surface area (Å²) in [5.74, 6) is 0.0976. The number of amides is 2. The predicted octanol–water partition coefficient (Wildman–Crippen LogP) is 4.31. The Hall–Kier alpha value is -3.07. The standard InChI is InChI=1S/C20H19F3N4O2/c21-20(22,23)14-5-3-4-12(10-14)13-8-9-27(17(28)11-13)19(29)24-18-15-6-1-2-7-16(15)25-26-18/h1-7,10,13,17,28H,8-9,11H2,(H2,24,25,26,29). The highest BCUT2D eigenvalue weighted by molar-refractivity contribution is 5.98. The van der Waals surface area contributed by atoms with E-state index in [0.717, 1.165) is 23.0 Å². The molecule has 6 nitrogen and oxygen atoms in total. The predicted molar refractivity (Wildman–Crippen MR) is 101 cm³/mol. The molecule has 2 aromatic carbocycles. The van der Waals surface area contributed by atoms with Gasteiger partial charge >= 0.3 is 12.2 Å². The molecule has 0 bridgehead atoms. The fraction of sp³-hybridized carbons (Fsp3) is 0.300. The van der Waals surface area contributed by atoms with Crippen molar-refractivity contribution in [3.63, 3.8) is 0 Å². The number of para-hydroxylation sites is 1. The fourth-order valence-electron chi connectivity index (χ4n) is 3.68. The SMILES string of the molecule is O=C(Nc1n[nH]c2ccccc12)N1CCC(c2cccc(C(F)(F)F)c2)CC1O. The average Bonchev–Trinajstić information content (AvgIpc) is 3.10. The number of carbonyl (C=O) groups excluding carboxylic acids is 1. The number of halogens is 3. The van der Waals surface area contributed by atoms with Crippen LogP contribution in [0, 0.1) is 0 Å². The molecule has 0 aliphatic carbocycles. The quantitative estimate of drug-likeness (QED) is 0.595. The number of fused-ring (bicyclic) bond motifs is 1. The van der Waals surface area contributed by atoms with Gasteiger partial charge in [0.2, 0.25) is 0 Å². The van der Waals surface area contributed by atoms with Gasteiger partial charge in [-0.3, -0.25) is 15.3 Å². The molecule has 1 aromatic heterocycles.